The second-order valence-corrected chi connectivity index (χ2v) is 12.7. The van der Waals surface area contributed by atoms with Crippen molar-refractivity contribution in [3.63, 3.8) is 0 Å². The third-order valence-corrected chi connectivity index (χ3v) is 10.6. The molecule has 0 N–H and O–H groups in total. The second kappa shape index (κ2) is 10.6. The molecule has 1 aromatic heterocycles. The average Bonchev–Trinajstić information content (AvgIpc) is 3.26. The molecule has 8 heteroatoms. The summed E-state index contributed by atoms with van der Waals surface area (Å²) < 4.78 is 14.7. The largest absolute Gasteiger partial charge is 0.497 e. The molecule has 1 fully saturated rings. The molecule has 0 amide bonds. The van der Waals surface area contributed by atoms with E-state index in [1.54, 1.807) is 14.2 Å². The molecule has 37 heavy (non-hydrogen) atoms. The Labute approximate surface area is 228 Å². The molecule has 1 saturated heterocycles. The van der Waals surface area contributed by atoms with Crippen molar-refractivity contribution in [1.82, 2.24) is 4.57 Å². The number of fused-ring (bicyclic) bond motifs is 1. The Kier molecular flexibility index (Phi) is 7.06. The van der Waals surface area contributed by atoms with E-state index in [4.69, 9.17) is 14.5 Å². The van der Waals surface area contributed by atoms with Crippen LogP contribution in [0.3, 0.4) is 0 Å². The Bertz CT molecular complexity index is 1560. The molecule has 2 aromatic carbocycles. The molecule has 0 saturated carbocycles. The maximum atomic E-state index is 13.9. The van der Waals surface area contributed by atoms with Gasteiger partial charge in [-0.05, 0) is 89.8 Å². The van der Waals surface area contributed by atoms with Crippen LogP contribution in [0.4, 0.5) is 0 Å². The minimum absolute atomic E-state index is 0.00753. The number of aromatic nitrogens is 1. The maximum Gasteiger partial charge on any atom is 0.271 e. The SMILES string of the molecule is COc1ccc(/C=c2\sc3n(c2=O)C(c2ccc(OC)cc2)C2=C(N=3)C(=C3SCCCS3)CCC2)cc1. The van der Waals surface area contributed by atoms with Gasteiger partial charge in [0.1, 0.15) is 11.5 Å². The molecular formula is C29H28N2O3S3. The van der Waals surface area contributed by atoms with Crippen LogP contribution in [0.5, 0.6) is 11.5 Å². The smallest absolute Gasteiger partial charge is 0.271 e. The predicted octanol–water partition coefficient (Wildman–Crippen LogP) is 5.50. The summed E-state index contributed by atoms with van der Waals surface area (Å²) in [5, 5.41) is 0. The molecule has 3 aromatic rings. The summed E-state index contributed by atoms with van der Waals surface area (Å²) in [6.45, 7) is 0. The van der Waals surface area contributed by atoms with E-state index in [-0.39, 0.29) is 11.6 Å². The molecule has 190 valence electrons. The third-order valence-electron chi connectivity index (χ3n) is 6.94. The number of thiazole rings is 1. The van der Waals surface area contributed by atoms with Crippen LogP contribution in [0.25, 0.3) is 6.08 Å². The van der Waals surface area contributed by atoms with Crippen molar-refractivity contribution in [3.8, 4) is 11.5 Å². The lowest BCUT2D eigenvalue weighted by Crippen LogP contribution is -2.39. The van der Waals surface area contributed by atoms with Crippen LogP contribution in [0.1, 0.15) is 42.9 Å². The molecule has 2 aliphatic heterocycles. The van der Waals surface area contributed by atoms with Crippen LogP contribution < -0.4 is 24.4 Å². The summed E-state index contributed by atoms with van der Waals surface area (Å²) in [6.07, 6.45) is 6.29. The molecule has 1 atom stereocenters. The highest BCUT2D eigenvalue weighted by molar-refractivity contribution is 8.22. The van der Waals surface area contributed by atoms with Crippen molar-refractivity contribution in [3.05, 3.63) is 100 Å². The van der Waals surface area contributed by atoms with Crippen LogP contribution in [0.15, 0.2) is 79.4 Å². The van der Waals surface area contributed by atoms with E-state index in [2.05, 4.69) is 12.1 Å². The van der Waals surface area contributed by atoms with Gasteiger partial charge in [0, 0.05) is 4.24 Å². The Hall–Kier alpha value is -2.68. The van der Waals surface area contributed by atoms with E-state index >= 15 is 0 Å². The quantitative estimate of drug-likeness (QED) is 0.431. The van der Waals surface area contributed by atoms with Crippen LogP contribution >= 0.6 is 34.9 Å². The fourth-order valence-corrected chi connectivity index (χ4v) is 8.84. The van der Waals surface area contributed by atoms with E-state index in [9.17, 15) is 4.79 Å². The number of ether oxygens (including phenoxy) is 2. The molecule has 1 aliphatic carbocycles. The Morgan fingerprint density at radius 1 is 0.919 bits per heavy atom. The zero-order chi connectivity index (χ0) is 25.4. The van der Waals surface area contributed by atoms with Gasteiger partial charge >= 0.3 is 0 Å². The summed E-state index contributed by atoms with van der Waals surface area (Å²) in [5.74, 6) is 3.94. The van der Waals surface area contributed by atoms with Crippen LogP contribution in [0.2, 0.25) is 0 Å². The van der Waals surface area contributed by atoms with Crippen LogP contribution in [-0.4, -0.2) is 30.3 Å². The van der Waals surface area contributed by atoms with Gasteiger partial charge < -0.3 is 9.47 Å². The summed E-state index contributed by atoms with van der Waals surface area (Å²) in [6, 6.07) is 15.8. The fourth-order valence-electron chi connectivity index (χ4n) is 5.13. The van der Waals surface area contributed by atoms with Gasteiger partial charge in [-0.25, -0.2) is 4.99 Å². The first kappa shape index (κ1) is 24.6. The number of hydrogen-bond acceptors (Lipinski definition) is 7. The monoisotopic (exact) mass is 548 g/mol. The second-order valence-electron chi connectivity index (χ2n) is 9.17. The number of hydrogen-bond donors (Lipinski definition) is 0. The van der Waals surface area contributed by atoms with Gasteiger partial charge in [-0.3, -0.25) is 9.36 Å². The third kappa shape index (κ3) is 4.71. The molecule has 0 bridgehead atoms. The molecule has 1 unspecified atom stereocenters. The normalized spacial score (nSPS) is 19.8. The standard InChI is InChI=1S/C29H28N2O3S3/c1-33-20-11-7-18(8-12-20)17-24-27(32)31-26(19-9-13-21(34-2)14-10-19)22-5-3-6-23(25(22)30-29(31)37-24)28-35-15-4-16-36-28/h7-14,17,26H,3-6,15-16H2,1-2H3/b24-17-. The van der Waals surface area contributed by atoms with E-state index in [0.717, 1.165) is 52.4 Å². The van der Waals surface area contributed by atoms with Gasteiger partial charge in [-0.15, -0.1) is 23.5 Å². The topological polar surface area (TPSA) is 52.8 Å². The molecular weight excluding hydrogens is 521 g/mol. The zero-order valence-electron chi connectivity index (χ0n) is 20.9. The van der Waals surface area contributed by atoms with Crippen molar-refractivity contribution < 1.29 is 9.47 Å². The Morgan fingerprint density at radius 2 is 1.59 bits per heavy atom. The van der Waals surface area contributed by atoms with Crippen molar-refractivity contribution in [2.24, 2.45) is 4.99 Å². The summed E-state index contributed by atoms with van der Waals surface area (Å²) in [5.41, 5.74) is 5.81. The van der Waals surface area contributed by atoms with Crippen molar-refractivity contribution >= 4 is 40.9 Å². The maximum absolute atomic E-state index is 13.9. The minimum atomic E-state index is -0.162. The first-order valence-corrected chi connectivity index (χ1v) is 15.3. The minimum Gasteiger partial charge on any atom is -0.497 e. The van der Waals surface area contributed by atoms with E-state index in [0.29, 0.717) is 4.53 Å². The highest BCUT2D eigenvalue weighted by atomic mass is 32.2. The first-order chi connectivity index (χ1) is 18.2. The lowest BCUT2D eigenvalue weighted by atomic mass is 9.85. The van der Waals surface area contributed by atoms with Gasteiger partial charge in [0.2, 0.25) is 0 Å². The number of benzene rings is 2. The molecule has 0 radical (unpaired) electrons. The average molecular weight is 549 g/mol. The van der Waals surface area contributed by atoms with Gasteiger partial charge in [0.05, 0.1) is 30.5 Å². The van der Waals surface area contributed by atoms with Crippen molar-refractivity contribution in [1.29, 1.82) is 0 Å². The van der Waals surface area contributed by atoms with Gasteiger partial charge in [0.15, 0.2) is 4.80 Å². The van der Waals surface area contributed by atoms with Crippen LogP contribution in [0, 0.1) is 0 Å². The zero-order valence-corrected chi connectivity index (χ0v) is 23.3. The Morgan fingerprint density at radius 3 is 2.27 bits per heavy atom. The number of rotatable bonds is 4. The highest BCUT2D eigenvalue weighted by Gasteiger charge is 2.33. The number of thioether (sulfide) groups is 2. The number of nitrogens with zero attached hydrogens (tertiary/aromatic N) is 2. The molecule has 0 spiro atoms. The van der Waals surface area contributed by atoms with E-state index < -0.39 is 0 Å². The number of allylic oxidation sites excluding steroid dienone is 2. The van der Waals surface area contributed by atoms with Gasteiger partial charge in [-0.1, -0.05) is 35.6 Å². The molecule has 3 heterocycles. The van der Waals surface area contributed by atoms with Crippen molar-refractivity contribution in [2.75, 3.05) is 25.7 Å². The fraction of sp³-hybridized carbons (Fsp3) is 0.310. The first-order valence-electron chi connectivity index (χ1n) is 12.5. The molecule has 3 aliphatic rings. The van der Waals surface area contributed by atoms with E-state index in [1.807, 2.05) is 70.6 Å². The van der Waals surface area contributed by atoms with Crippen LogP contribution in [-0.2, 0) is 0 Å². The summed E-state index contributed by atoms with van der Waals surface area (Å²) >= 11 is 5.42. The predicted molar refractivity (Wildman–Crippen MR) is 154 cm³/mol. The summed E-state index contributed by atoms with van der Waals surface area (Å²) in [7, 11) is 3.33. The molecule has 5 nitrogen and oxygen atoms in total. The van der Waals surface area contributed by atoms with Gasteiger partial charge in [-0.2, -0.15) is 0 Å². The lowest BCUT2D eigenvalue weighted by Gasteiger charge is -2.32. The highest BCUT2D eigenvalue weighted by Crippen LogP contribution is 2.47. The molecule has 6 rings (SSSR count). The lowest BCUT2D eigenvalue weighted by molar-refractivity contribution is 0.414. The van der Waals surface area contributed by atoms with Crippen molar-refractivity contribution in [2.45, 2.75) is 31.7 Å². The summed E-state index contributed by atoms with van der Waals surface area (Å²) in [4.78, 5) is 19.9. The van der Waals surface area contributed by atoms with Gasteiger partial charge in [0.25, 0.3) is 5.56 Å². The number of methoxy groups -OCH3 is 2. The van der Waals surface area contributed by atoms with E-state index in [1.165, 1.54) is 44.6 Å². The Balaban J connectivity index is 1.55.